The normalized spacial score (nSPS) is 15.1. The fraction of sp³-hybridized carbons (Fsp3) is 0.351. The number of pyridine rings is 2. The first-order valence-corrected chi connectivity index (χ1v) is 16.7. The van der Waals surface area contributed by atoms with Crippen LogP contribution in [0.2, 0.25) is 5.02 Å². The van der Waals surface area contributed by atoms with Crippen LogP contribution in [0.25, 0.3) is 11.1 Å². The number of rotatable bonds is 16. The Bertz CT molecular complexity index is 1910. The van der Waals surface area contributed by atoms with Gasteiger partial charge in [-0.15, -0.1) is 0 Å². The monoisotopic (exact) mass is 701 g/mol. The van der Waals surface area contributed by atoms with Gasteiger partial charge in [-0.25, -0.2) is 0 Å². The van der Waals surface area contributed by atoms with E-state index in [-0.39, 0.29) is 36.4 Å². The fourth-order valence-corrected chi connectivity index (χ4v) is 6.14. The Balaban J connectivity index is 1.33. The van der Waals surface area contributed by atoms with Gasteiger partial charge < -0.3 is 34.3 Å². The topological polar surface area (TPSA) is 170 Å². The van der Waals surface area contributed by atoms with E-state index in [2.05, 4.69) is 15.2 Å². The highest BCUT2D eigenvalue weighted by atomic mass is 35.5. The maximum atomic E-state index is 13.5. The van der Waals surface area contributed by atoms with Crippen molar-refractivity contribution in [3.05, 3.63) is 110 Å². The number of aliphatic hydroxyl groups is 2. The summed E-state index contributed by atoms with van der Waals surface area (Å²) in [5, 5.41) is 40.9. The smallest absolute Gasteiger partial charge is 0.323 e. The Morgan fingerprint density at radius 2 is 1.90 bits per heavy atom. The number of carboxylic acid groups (broad SMARTS) is 1. The van der Waals surface area contributed by atoms with Gasteiger partial charge in [0.05, 0.1) is 23.3 Å². The number of aliphatic hydroxyl groups excluding tert-OH is 2. The summed E-state index contributed by atoms with van der Waals surface area (Å²) in [6.07, 6.45) is 6.15. The molecule has 5 rings (SSSR count). The third-order valence-electron chi connectivity index (χ3n) is 8.71. The lowest BCUT2D eigenvalue weighted by Crippen LogP contribution is -2.39. The van der Waals surface area contributed by atoms with Gasteiger partial charge in [-0.1, -0.05) is 29.8 Å². The van der Waals surface area contributed by atoms with E-state index in [1.54, 1.807) is 35.2 Å². The van der Waals surface area contributed by atoms with Crippen molar-refractivity contribution in [1.29, 1.82) is 5.26 Å². The zero-order chi connectivity index (χ0) is 35.6. The molecule has 2 aromatic carbocycles. The molecule has 1 aliphatic heterocycles. The number of benzene rings is 2. The average Bonchev–Trinajstić information content (AvgIpc) is 3.53. The van der Waals surface area contributed by atoms with Crippen molar-refractivity contribution in [2.24, 2.45) is 0 Å². The van der Waals surface area contributed by atoms with E-state index in [1.807, 2.05) is 43.3 Å². The first-order chi connectivity index (χ1) is 24.2. The van der Waals surface area contributed by atoms with Crippen LogP contribution in [-0.2, 0) is 31.1 Å². The van der Waals surface area contributed by atoms with Crippen molar-refractivity contribution in [3.63, 3.8) is 0 Å². The van der Waals surface area contributed by atoms with Crippen LogP contribution in [0.4, 0.5) is 0 Å². The van der Waals surface area contributed by atoms with Gasteiger partial charge in [0.2, 0.25) is 0 Å². The Labute approximate surface area is 295 Å². The lowest BCUT2D eigenvalue weighted by molar-refractivity contribution is -0.140. The van der Waals surface area contributed by atoms with Crippen molar-refractivity contribution in [2.75, 3.05) is 26.2 Å². The van der Waals surface area contributed by atoms with Crippen LogP contribution in [0, 0.1) is 18.3 Å². The summed E-state index contributed by atoms with van der Waals surface area (Å²) in [5.41, 5.74) is 4.61. The van der Waals surface area contributed by atoms with E-state index < -0.39 is 18.6 Å². The highest BCUT2D eigenvalue weighted by molar-refractivity contribution is 6.32. The van der Waals surface area contributed by atoms with E-state index >= 15 is 0 Å². The van der Waals surface area contributed by atoms with Crippen LogP contribution >= 0.6 is 11.6 Å². The summed E-state index contributed by atoms with van der Waals surface area (Å²) in [4.78, 5) is 31.3. The summed E-state index contributed by atoms with van der Waals surface area (Å²) in [6.45, 7) is 4.52. The molecule has 0 spiro atoms. The SMILES string of the molecule is Cc1c(COc2cc(OCc3cncc(C#N)c3)c(CNC(CO)C(=O)O)cc2Cl)cccc1-c1cccn(CCCN2CC[C@@H](O)C2)c1=O. The standard InChI is InChI=1S/C37H40ClN5O7/c1-24-27(5-2-6-30(24)31-7-3-10-43(36(31)46)11-4-9-42-12-8-29(45)20-42)23-50-35-15-34(49-22-26-13-25(16-39)17-40-18-26)28(14-32(35)38)19-41-33(21-44)37(47)48/h2-3,5-7,10,13-15,17-18,29,33,41,44-45H,4,8-9,11-12,19-23H2,1H3,(H,47,48)/t29-,33?/m1/s1. The van der Waals surface area contributed by atoms with E-state index in [1.165, 1.54) is 6.20 Å². The summed E-state index contributed by atoms with van der Waals surface area (Å²) < 4.78 is 14.0. The molecule has 1 fully saturated rings. The van der Waals surface area contributed by atoms with Crippen molar-refractivity contribution in [2.45, 2.75) is 58.2 Å². The Morgan fingerprint density at radius 1 is 1.10 bits per heavy atom. The summed E-state index contributed by atoms with van der Waals surface area (Å²) in [7, 11) is 0. The lowest BCUT2D eigenvalue weighted by atomic mass is 9.97. The lowest BCUT2D eigenvalue weighted by Gasteiger charge is -2.18. The second-order valence-corrected chi connectivity index (χ2v) is 12.6. The maximum absolute atomic E-state index is 13.5. The van der Waals surface area contributed by atoms with Gasteiger partial charge in [0.15, 0.2) is 0 Å². The Kier molecular flexibility index (Phi) is 12.6. The molecule has 13 heteroatoms. The molecule has 50 heavy (non-hydrogen) atoms. The van der Waals surface area contributed by atoms with Gasteiger partial charge in [0, 0.05) is 67.5 Å². The van der Waals surface area contributed by atoms with Gasteiger partial charge in [-0.05, 0) is 67.3 Å². The van der Waals surface area contributed by atoms with Crippen molar-refractivity contribution < 1.29 is 29.6 Å². The number of aromatic nitrogens is 2. The highest BCUT2D eigenvalue weighted by Crippen LogP contribution is 2.35. The molecular formula is C37H40ClN5O7. The molecular weight excluding hydrogens is 662 g/mol. The minimum absolute atomic E-state index is 0.0283. The number of hydrogen-bond acceptors (Lipinski definition) is 10. The Hall–Kier alpha value is -4.77. The predicted octanol–water partition coefficient (Wildman–Crippen LogP) is 3.89. The summed E-state index contributed by atoms with van der Waals surface area (Å²) >= 11 is 6.65. The molecule has 12 nitrogen and oxygen atoms in total. The zero-order valence-corrected chi connectivity index (χ0v) is 28.5. The molecule has 4 N–H and O–H groups in total. The number of β-amino-alcohol motifs (C(OH)–C–C–N with tert-alkyl or cyclic N) is 1. The summed E-state index contributed by atoms with van der Waals surface area (Å²) in [6, 6.07) is 15.2. The summed E-state index contributed by atoms with van der Waals surface area (Å²) in [5.74, 6) is -0.521. The first kappa shape index (κ1) is 36.5. The second kappa shape index (κ2) is 17.2. The van der Waals surface area contributed by atoms with Crippen molar-refractivity contribution in [1.82, 2.24) is 19.8 Å². The van der Waals surface area contributed by atoms with Gasteiger partial charge in [0.25, 0.3) is 5.56 Å². The van der Waals surface area contributed by atoms with Gasteiger partial charge in [-0.3, -0.25) is 19.9 Å². The molecule has 0 radical (unpaired) electrons. The molecule has 0 aliphatic carbocycles. The third-order valence-corrected chi connectivity index (χ3v) is 9.01. The molecule has 2 aromatic heterocycles. The largest absolute Gasteiger partial charge is 0.488 e. The number of likely N-dealkylation sites (tertiary alicyclic amines) is 1. The number of ether oxygens (including phenoxy) is 2. The second-order valence-electron chi connectivity index (χ2n) is 12.2. The molecule has 1 aliphatic rings. The third kappa shape index (κ3) is 9.26. The van der Waals surface area contributed by atoms with Crippen LogP contribution in [0.5, 0.6) is 11.5 Å². The van der Waals surface area contributed by atoms with Gasteiger partial charge >= 0.3 is 5.97 Å². The van der Waals surface area contributed by atoms with Crippen LogP contribution in [0.15, 0.2) is 71.9 Å². The number of carbonyl (C=O) groups is 1. The molecule has 2 atom stereocenters. The van der Waals surface area contributed by atoms with Crippen LogP contribution < -0.4 is 20.3 Å². The molecule has 0 amide bonds. The van der Waals surface area contributed by atoms with Gasteiger partial charge in [0.1, 0.15) is 36.8 Å². The van der Waals surface area contributed by atoms with E-state index in [0.29, 0.717) is 46.8 Å². The molecule has 1 unspecified atom stereocenters. The van der Waals surface area contributed by atoms with Crippen LogP contribution in [0.1, 0.15) is 40.7 Å². The predicted molar refractivity (Wildman–Crippen MR) is 187 cm³/mol. The quantitative estimate of drug-likeness (QED) is 0.134. The number of aliphatic carboxylic acids is 1. The van der Waals surface area contributed by atoms with Crippen molar-refractivity contribution >= 4 is 17.6 Å². The van der Waals surface area contributed by atoms with E-state index in [0.717, 1.165) is 42.6 Å². The van der Waals surface area contributed by atoms with E-state index in [4.69, 9.17) is 21.1 Å². The maximum Gasteiger partial charge on any atom is 0.323 e. The number of hydrogen-bond donors (Lipinski definition) is 4. The molecule has 4 aromatic rings. The van der Waals surface area contributed by atoms with Crippen LogP contribution in [0.3, 0.4) is 0 Å². The molecule has 0 saturated carbocycles. The van der Waals surface area contributed by atoms with Gasteiger partial charge in [-0.2, -0.15) is 5.26 Å². The average molecular weight is 702 g/mol. The zero-order valence-electron chi connectivity index (χ0n) is 27.7. The number of carboxylic acids is 1. The number of nitrogens with zero attached hydrogens (tertiary/aromatic N) is 4. The van der Waals surface area contributed by atoms with Crippen molar-refractivity contribution in [3.8, 4) is 28.7 Å². The van der Waals surface area contributed by atoms with E-state index in [9.17, 15) is 30.2 Å². The molecule has 3 heterocycles. The minimum atomic E-state index is -1.20. The number of nitrogens with one attached hydrogen (secondary N) is 1. The number of aryl methyl sites for hydroxylation is 1. The van der Waals surface area contributed by atoms with Crippen LogP contribution in [-0.4, -0.2) is 74.1 Å². The number of halogens is 1. The molecule has 262 valence electrons. The fourth-order valence-electron chi connectivity index (χ4n) is 5.90. The first-order valence-electron chi connectivity index (χ1n) is 16.3. The number of nitriles is 1. The highest BCUT2D eigenvalue weighted by Gasteiger charge is 2.20. The Morgan fingerprint density at radius 3 is 2.64 bits per heavy atom. The minimum Gasteiger partial charge on any atom is -0.488 e. The molecule has 0 bridgehead atoms. The molecule has 1 saturated heterocycles.